The molecule has 1 aliphatic rings. The van der Waals surface area contributed by atoms with E-state index in [0.29, 0.717) is 17.3 Å². The van der Waals surface area contributed by atoms with Gasteiger partial charge in [-0.25, -0.2) is 0 Å². The second kappa shape index (κ2) is 8.31. The Morgan fingerprint density at radius 3 is 2.65 bits per heavy atom. The highest BCUT2D eigenvalue weighted by Crippen LogP contribution is 2.22. The lowest BCUT2D eigenvalue weighted by atomic mass is 9.99. The molecular weight excluding hydrogens is 314 g/mol. The van der Waals surface area contributed by atoms with Crippen molar-refractivity contribution in [3.63, 3.8) is 0 Å². The van der Waals surface area contributed by atoms with Gasteiger partial charge in [-0.1, -0.05) is 24.6 Å². The monoisotopic (exact) mass is 337 g/mol. The van der Waals surface area contributed by atoms with Crippen LogP contribution in [0.2, 0.25) is 5.02 Å². The van der Waals surface area contributed by atoms with Crippen molar-refractivity contribution in [2.45, 2.75) is 26.7 Å². The van der Waals surface area contributed by atoms with Gasteiger partial charge in [-0.15, -0.1) is 0 Å². The zero-order valence-electron chi connectivity index (χ0n) is 13.7. The Kier molecular flexibility index (Phi) is 6.42. The van der Waals surface area contributed by atoms with E-state index >= 15 is 0 Å². The molecular formula is C17H24ClN3O2. The Bertz CT molecular complexity index is 569. The highest BCUT2D eigenvalue weighted by atomic mass is 35.5. The van der Waals surface area contributed by atoms with Crippen LogP contribution in [0.15, 0.2) is 18.2 Å². The first-order chi connectivity index (χ1) is 11.0. The largest absolute Gasteiger partial charge is 0.346 e. The maximum atomic E-state index is 11.9. The molecule has 0 aromatic heterocycles. The third-order valence-corrected chi connectivity index (χ3v) is 4.64. The van der Waals surface area contributed by atoms with Gasteiger partial charge in [-0.05, 0) is 56.5 Å². The third kappa shape index (κ3) is 5.52. The fourth-order valence-electron chi connectivity index (χ4n) is 2.60. The molecule has 0 saturated carbocycles. The highest BCUT2D eigenvalue weighted by molar-refractivity contribution is 6.31. The molecule has 0 atom stereocenters. The summed E-state index contributed by atoms with van der Waals surface area (Å²) in [6.45, 7) is 6.30. The number of rotatable bonds is 5. The number of amides is 2. The number of halogens is 1. The molecule has 1 aliphatic heterocycles. The summed E-state index contributed by atoms with van der Waals surface area (Å²) in [5.74, 6) is 0.370. The number of hydrogen-bond acceptors (Lipinski definition) is 3. The molecule has 2 amide bonds. The predicted molar refractivity (Wildman–Crippen MR) is 92.7 cm³/mol. The van der Waals surface area contributed by atoms with Gasteiger partial charge in [-0.3, -0.25) is 14.5 Å². The summed E-state index contributed by atoms with van der Waals surface area (Å²) in [5.41, 5.74) is 1.48. The minimum Gasteiger partial charge on any atom is -0.346 e. The Morgan fingerprint density at radius 2 is 1.96 bits per heavy atom. The van der Waals surface area contributed by atoms with Gasteiger partial charge in [0, 0.05) is 10.7 Å². The molecule has 1 saturated heterocycles. The molecule has 0 radical (unpaired) electrons. The van der Waals surface area contributed by atoms with Crippen LogP contribution in [0.25, 0.3) is 0 Å². The van der Waals surface area contributed by atoms with Crippen LogP contribution in [0.5, 0.6) is 0 Å². The van der Waals surface area contributed by atoms with Crippen LogP contribution in [-0.2, 0) is 9.59 Å². The molecule has 1 aromatic carbocycles. The van der Waals surface area contributed by atoms with Crippen molar-refractivity contribution in [1.29, 1.82) is 0 Å². The lowest BCUT2D eigenvalue weighted by Crippen LogP contribution is -2.43. The highest BCUT2D eigenvalue weighted by Gasteiger charge is 2.18. The van der Waals surface area contributed by atoms with Gasteiger partial charge in [0.2, 0.25) is 11.8 Å². The molecule has 0 unspecified atom stereocenters. The van der Waals surface area contributed by atoms with Crippen LogP contribution in [0.1, 0.15) is 25.3 Å². The molecule has 23 heavy (non-hydrogen) atoms. The summed E-state index contributed by atoms with van der Waals surface area (Å²) < 4.78 is 0. The van der Waals surface area contributed by atoms with E-state index < -0.39 is 0 Å². The van der Waals surface area contributed by atoms with E-state index in [2.05, 4.69) is 22.5 Å². The predicted octanol–water partition coefficient (Wildman–Crippen LogP) is 2.44. The van der Waals surface area contributed by atoms with Crippen molar-refractivity contribution in [2.24, 2.45) is 5.92 Å². The van der Waals surface area contributed by atoms with E-state index in [9.17, 15) is 9.59 Å². The lowest BCUT2D eigenvalue weighted by molar-refractivity contribution is -0.125. The van der Waals surface area contributed by atoms with Crippen molar-refractivity contribution in [3.05, 3.63) is 28.8 Å². The van der Waals surface area contributed by atoms with Gasteiger partial charge in [0.25, 0.3) is 0 Å². The Morgan fingerprint density at radius 1 is 1.26 bits per heavy atom. The smallest absolute Gasteiger partial charge is 0.243 e. The second-order valence-electron chi connectivity index (χ2n) is 6.20. The molecule has 2 rings (SSSR count). The van der Waals surface area contributed by atoms with Crippen molar-refractivity contribution < 1.29 is 9.59 Å². The van der Waals surface area contributed by atoms with Crippen LogP contribution in [0, 0.1) is 12.8 Å². The zero-order chi connectivity index (χ0) is 16.8. The van der Waals surface area contributed by atoms with E-state index in [4.69, 9.17) is 11.6 Å². The number of benzene rings is 1. The van der Waals surface area contributed by atoms with Crippen LogP contribution >= 0.6 is 11.6 Å². The van der Waals surface area contributed by atoms with Gasteiger partial charge in [0.15, 0.2) is 0 Å². The number of likely N-dealkylation sites (tertiary alicyclic amines) is 1. The molecule has 2 N–H and O–H groups in total. The average molecular weight is 338 g/mol. The molecule has 0 spiro atoms. The first-order valence-corrected chi connectivity index (χ1v) is 8.37. The molecule has 1 fully saturated rings. The fourth-order valence-corrected chi connectivity index (χ4v) is 2.77. The van der Waals surface area contributed by atoms with Gasteiger partial charge in [-0.2, -0.15) is 0 Å². The van der Waals surface area contributed by atoms with Crippen molar-refractivity contribution >= 4 is 29.1 Å². The summed E-state index contributed by atoms with van der Waals surface area (Å²) in [6, 6.07) is 5.34. The molecule has 0 bridgehead atoms. The summed E-state index contributed by atoms with van der Waals surface area (Å²) >= 11 is 6.02. The standard InChI is InChI=1S/C17H24ClN3O2/c1-12-6-8-21(9-7-12)11-17(23)19-10-16(22)20-15-5-3-4-14(18)13(15)2/h3-5,12H,6-11H2,1-2H3,(H,19,23)(H,20,22). The first kappa shape index (κ1) is 17.8. The van der Waals surface area contributed by atoms with Gasteiger partial charge in [0.05, 0.1) is 13.1 Å². The number of nitrogens with zero attached hydrogens (tertiary/aromatic N) is 1. The van der Waals surface area contributed by atoms with E-state index in [-0.39, 0.29) is 18.4 Å². The van der Waals surface area contributed by atoms with E-state index in [0.717, 1.165) is 37.4 Å². The molecule has 1 heterocycles. The first-order valence-electron chi connectivity index (χ1n) is 7.99. The van der Waals surface area contributed by atoms with Gasteiger partial charge in [0.1, 0.15) is 0 Å². The van der Waals surface area contributed by atoms with Gasteiger partial charge < -0.3 is 10.6 Å². The van der Waals surface area contributed by atoms with Crippen molar-refractivity contribution in [3.8, 4) is 0 Å². The molecule has 1 aromatic rings. The molecule has 5 nitrogen and oxygen atoms in total. The van der Waals surface area contributed by atoms with Crippen molar-refractivity contribution in [2.75, 3.05) is 31.5 Å². The number of hydrogen-bond donors (Lipinski definition) is 2. The topological polar surface area (TPSA) is 61.4 Å². The lowest BCUT2D eigenvalue weighted by Gasteiger charge is -2.29. The maximum absolute atomic E-state index is 11.9. The number of piperidine rings is 1. The summed E-state index contributed by atoms with van der Waals surface area (Å²) in [4.78, 5) is 26.0. The number of carbonyl (C=O) groups is 2. The molecule has 6 heteroatoms. The minimum atomic E-state index is -0.254. The Hall–Kier alpha value is -1.59. The average Bonchev–Trinajstić information content (AvgIpc) is 2.52. The van der Waals surface area contributed by atoms with Crippen LogP contribution in [0.4, 0.5) is 5.69 Å². The number of anilines is 1. The quantitative estimate of drug-likeness (QED) is 0.867. The van der Waals surface area contributed by atoms with Crippen LogP contribution in [0.3, 0.4) is 0 Å². The normalized spacial score (nSPS) is 16.1. The van der Waals surface area contributed by atoms with Crippen LogP contribution in [-0.4, -0.2) is 42.9 Å². The van der Waals surface area contributed by atoms with E-state index in [1.807, 2.05) is 6.92 Å². The Labute approximate surface area is 142 Å². The SMILES string of the molecule is Cc1c(Cl)cccc1NC(=O)CNC(=O)CN1CCC(C)CC1. The third-order valence-electron chi connectivity index (χ3n) is 4.23. The van der Waals surface area contributed by atoms with Gasteiger partial charge >= 0.3 is 0 Å². The van der Waals surface area contributed by atoms with Crippen molar-refractivity contribution in [1.82, 2.24) is 10.2 Å². The van der Waals surface area contributed by atoms with E-state index in [1.54, 1.807) is 18.2 Å². The number of carbonyl (C=O) groups excluding carboxylic acids is 2. The molecule has 0 aliphatic carbocycles. The summed E-state index contributed by atoms with van der Waals surface area (Å²) in [6.07, 6.45) is 2.25. The summed E-state index contributed by atoms with van der Waals surface area (Å²) in [5, 5.41) is 6.04. The summed E-state index contributed by atoms with van der Waals surface area (Å²) in [7, 11) is 0. The second-order valence-corrected chi connectivity index (χ2v) is 6.60. The zero-order valence-corrected chi connectivity index (χ0v) is 14.4. The number of nitrogens with one attached hydrogen (secondary N) is 2. The minimum absolute atomic E-state index is 0.0327. The van der Waals surface area contributed by atoms with E-state index in [1.165, 1.54) is 0 Å². The maximum Gasteiger partial charge on any atom is 0.243 e. The Balaban J connectivity index is 1.73. The van der Waals surface area contributed by atoms with Crippen LogP contribution < -0.4 is 10.6 Å². The molecule has 126 valence electrons. The fraction of sp³-hybridized carbons (Fsp3) is 0.529.